The summed E-state index contributed by atoms with van der Waals surface area (Å²) in [5.74, 6) is 0.178. The van der Waals surface area contributed by atoms with Gasteiger partial charge < -0.3 is 14.4 Å². The van der Waals surface area contributed by atoms with Gasteiger partial charge in [0.25, 0.3) is 0 Å². The van der Waals surface area contributed by atoms with Crippen LogP contribution < -0.4 is 4.90 Å². The summed E-state index contributed by atoms with van der Waals surface area (Å²) in [7, 11) is 3.00. The summed E-state index contributed by atoms with van der Waals surface area (Å²) >= 11 is 1.34. The minimum Gasteiger partial charge on any atom is -0.465 e. The summed E-state index contributed by atoms with van der Waals surface area (Å²) in [6.45, 7) is 4.57. The zero-order chi connectivity index (χ0) is 27.5. The van der Waals surface area contributed by atoms with Crippen molar-refractivity contribution < 1.29 is 19.1 Å². The molecule has 1 aromatic carbocycles. The molecule has 0 saturated heterocycles. The second-order valence-corrected chi connectivity index (χ2v) is 11.4. The average Bonchev–Trinajstić information content (AvgIpc) is 3.58. The Morgan fingerprint density at radius 2 is 1.82 bits per heavy atom. The summed E-state index contributed by atoms with van der Waals surface area (Å²) in [6.07, 6.45) is 7.41. The van der Waals surface area contributed by atoms with E-state index in [1.807, 2.05) is 55.6 Å². The first-order chi connectivity index (χ1) is 18.9. The maximum absolute atomic E-state index is 13.9. The molecule has 4 aromatic rings. The number of hydrogen-bond acceptors (Lipinski definition) is 7. The van der Waals surface area contributed by atoms with Crippen molar-refractivity contribution in [3.05, 3.63) is 59.7 Å². The van der Waals surface area contributed by atoms with Gasteiger partial charge in [0.1, 0.15) is 4.88 Å². The highest BCUT2D eigenvalue weighted by atomic mass is 32.1. The van der Waals surface area contributed by atoms with E-state index in [1.165, 1.54) is 18.4 Å². The Kier molecular flexibility index (Phi) is 8.09. The molecular weight excluding hydrogens is 512 g/mol. The predicted molar refractivity (Wildman–Crippen MR) is 153 cm³/mol. The monoisotopic (exact) mass is 546 g/mol. The van der Waals surface area contributed by atoms with E-state index >= 15 is 0 Å². The number of anilines is 1. The van der Waals surface area contributed by atoms with Crippen molar-refractivity contribution in [2.45, 2.75) is 45.6 Å². The lowest BCUT2D eigenvalue weighted by molar-refractivity contribution is -0.124. The molecule has 1 amide bonds. The first-order valence-corrected chi connectivity index (χ1v) is 14.2. The Balaban J connectivity index is 1.50. The fourth-order valence-corrected chi connectivity index (χ4v) is 6.38. The largest absolute Gasteiger partial charge is 0.465 e. The van der Waals surface area contributed by atoms with Crippen molar-refractivity contribution in [1.82, 2.24) is 14.6 Å². The highest BCUT2D eigenvalue weighted by Gasteiger charge is 2.35. The lowest BCUT2D eigenvalue weighted by atomic mass is 9.82. The number of benzene rings is 1. The molecule has 1 unspecified atom stereocenters. The molecule has 9 heteroatoms. The Morgan fingerprint density at radius 3 is 2.49 bits per heavy atom. The molecule has 1 aliphatic rings. The molecule has 0 spiro atoms. The zero-order valence-corrected chi connectivity index (χ0v) is 23.6. The molecule has 3 heterocycles. The molecular formula is C30H34N4O4S. The molecule has 1 saturated carbocycles. The highest BCUT2D eigenvalue weighted by Crippen LogP contribution is 2.40. The summed E-state index contributed by atoms with van der Waals surface area (Å²) in [6, 6.07) is 13.5. The number of thiophene rings is 1. The number of carbonyl (C=O) groups is 2. The lowest BCUT2D eigenvalue weighted by Gasteiger charge is -2.34. The van der Waals surface area contributed by atoms with Gasteiger partial charge in [0.2, 0.25) is 5.91 Å². The van der Waals surface area contributed by atoms with E-state index in [2.05, 4.69) is 17.0 Å². The quantitative estimate of drug-likeness (QED) is 0.248. The van der Waals surface area contributed by atoms with E-state index in [4.69, 9.17) is 9.47 Å². The summed E-state index contributed by atoms with van der Waals surface area (Å²) < 4.78 is 12.3. The fourth-order valence-electron chi connectivity index (χ4n) is 5.31. The number of amides is 1. The van der Waals surface area contributed by atoms with E-state index in [1.54, 1.807) is 22.7 Å². The van der Waals surface area contributed by atoms with Gasteiger partial charge in [0.15, 0.2) is 5.65 Å². The normalized spacial score (nSPS) is 18.2. The van der Waals surface area contributed by atoms with Gasteiger partial charge in [-0.05, 0) is 56.2 Å². The maximum Gasteiger partial charge on any atom is 0.350 e. The predicted octanol–water partition coefficient (Wildman–Crippen LogP) is 6.11. The van der Waals surface area contributed by atoms with E-state index in [0.717, 1.165) is 53.0 Å². The minimum atomic E-state index is -0.449. The average molecular weight is 547 g/mol. The number of esters is 1. The van der Waals surface area contributed by atoms with Crippen molar-refractivity contribution in [2.75, 3.05) is 25.7 Å². The van der Waals surface area contributed by atoms with Crippen molar-refractivity contribution in [3.8, 4) is 21.7 Å². The SMILES string of the molecule is COCC(C)N(C(=O)C1CCC(C)CC1)c1cc(-c2ccc(-c3cc4ncccn4n3)cc2)sc1C(=O)OC. The number of ether oxygens (including phenoxy) is 2. The van der Waals surface area contributed by atoms with E-state index in [0.29, 0.717) is 23.1 Å². The van der Waals surface area contributed by atoms with Crippen LogP contribution >= 0.6 is 11.3 Å². The van der Waals surface area contributed by atoms with Crippen LogP contribution in [0.5, 0.6) is 0 Å². The second-order valence-electron chi connectivity index (χ2n) is 10.3. The third kappa shape index (κ3) is 5.60. The summed E-state index contributed by atoms with van der Waals surface area (Å²) in [5, 5.41) is 4.61. The number of methoxy groups -OCH3 is 2. The molecule has 204 valence electrons. The Labute approximate surface area is 232 Å². The number of carbonyl (C=O) groups excluding carboxylic acids is 2. The van der Waals surface area contributed by atoms with Crippen molar-refractivity contribution in [3.63, 3.8) is 0 Å². The fraction of sp³-hybridized carbons (Fsp3) is 0.400. The van der Waals surface area contributed by atoms with E-state index in [-0.39, 0.29) is 17.9 Å². The first-order valence-electron chi connectivity index (χ1n) is 13.3. The van der Waals surface area contributed by atoms with Crippen molar-refractivity contribution in [1.29, 1.82) is 0 Å². The van der Waals surface area contributed by atoms with Gasteiger partial charge in [-0.25, -0.2) is 14.3 Å². The first kappa shape index (κ1) is 27.0. The second kappa shape index (κ2) is 11.7. The summed E-state index contributed by atoms with van der Waals surface area (Å²) in [4.78, 5) is 34.3. The van der Waals surface area contributed by atoms with Gasteiger partial charge in [0.05, 0.1) is 31.1 Å². The molecule has 0 radical (unpaired) electrons. The standard InChI is InChI=1S/C30H34N4O4S/c1-19-6-8-23(9-7-19)29(35)34(20(2)18-37-3)25-17-26(39-28(25)30(36)38-4)22-12-10-21(11-13-22)24-16-27-31-14-5-15-33(27)32-24/h5,10-17,19-20,23H,6-9,18H2,1-4H3. The number of fused-ring (bicyclic) bond motifs is 1. The van der Waals surface area contributed by atoms with Crippen LogP contribution in [-0.4, -0.2) is 53.3 Å². The number of aromatic nitrogens is 3. The van der Waals surface area contributed by atoms with Crippen LogP contribution in [0.3, 0.4) is 0 Å². The van der Waals surface area contributed by atoms with Crippen molar-refractivity contribution >= 4 is 34.5 Å². The third-order valence-electron chi connectivity index (χ3n) is 7.50. The highest BCUT2D eigenvalue weighted by molar-refractivity contribution is 7.18. The Morgan fingerprint density at radius 1 is 1.10 bits per heavy atom. The van der Waals surface area contributed by atoms with Crippen LogP contribution in [0.4, 0.5) is 5.69 Å². The van der Waals surface area contributed by atoms with Crippen LogP contribution in [0, 0.1) is 11.8 Å². The number of nitrogens with zero attached hydrogens (tertiary/aromatic N) is 4. The van der Waals surface area contributed by atoms with E-state index in [9.17, 15) is 9.59 Å². The molecule has 1 atom stereocenters. The lowest BCUT2D eigenvalue weighted by Crippen LogP contribution is -2.45. The van der Waals surface area contributed by atoms with Gasteiger partial charge >= 0.3 is 5.97 Å². The molecule has 0 N–H and O–H groups in total. The van der Waals surface area contributed by atoms with Crippen LogP contribution in [-0.2, 0) is 14.3 Å². The van der Waals surface area contributed by atoms with Gasteiger partial charge in [-0.15, -0.1) is 11.3 Å². The minimum absolute atomic E-state index is 0.0526. The van der Waals surface area contributed by atoms with Gasteiger partial charge in [-0.1, -0.05) is 31.2 Å². The molecule has 1 aliphatic carbocycles. The molecule has 0 aliphatic heterocycles. The molecule has 1 fully saturated rings. The molecule has 0 bridgehead atoms. The topological polar surface area (TPSA) is 86.0 Å². The van der Waals surface area contributed by atoms with Gasteiger partial charge in [0, 0.05) is 41.9 Å². The maximum atomic E-state index is 13.9. The molecule has 5 rings (SSSR count). The van der Waals surface area contributed by atoms with Gasteiger partial charge in [-0.2, -0.15) is 5.10 Å². The van der Waals surface area contributed by atoms with Crippen LogP contribution in [0.2, 0.25) is 0 Å². The smallest absolute Gasteiger partial charge is 0.350 e. The van der Waals surface area contributed by atoms with Gasteiger partial charge in [-0.3, -0.25) is 4.79 Å². The Hall–Kier alpha value is -3.56. The zero-order valence-electron chi connectivity index (χ0n) is 22.8. The van der Waals surface area contributed by atoms with Crippen LogP contribution in [0.1, 0.15) is 49.2 Å². The molecule has 8 nitrogen and oxygen atoms in total. The number of hydrogen-bond donors (Lipinski definition) is 0. The third-order valence-corrected chi connectivity index (χ3v) is 8.65. The van der Waals surface area contributed by atoms with Crippen LogP contribution in [0.25, 0.3) is 27.3 Å². The van der Waals surface area contributed by atoms with Crippen molar-refractivity contribution in [2.24, 2.45) is 11.8 Å². The number of rotatable bonds is 8. The summed E-state index contributed by atoms with van der Waals surface area (Å²) in [5.41, 5.74) is 4.11. The van der Waals surface area contributed by atoms with E-state index < -0.39 is 5.97 Å². The molecule has 3 aromatic heterocycles. The van der Waals surface area contributed by atoms with Crippen LogP contribution in [0.15, 0.2) is 54.9 Å². The Bertz CT molecular complexity index is 1420. The molecule has 39 heavy (non-hydrogen) atoms.